The fourth-order valence-corrected chi connectivity index (χ4v) is 3.57. The molecular formula is C22H16Cl2N2O2. The van der Waals surface area contributed by atoms with Crippen molar-refractivity contribution >= 4 is 45.9 Å². The van der Waals surface area contributed by atoms with Crippen LogP contribution in [-0.2, 0) is 0 Å². The number of hydrogen-bond donors (Lipinski definition) is 1. The highest BCUT2D eigenvalue weighted by molar-refractivity contribution is 6.38. The zero-order valence-corrected chi connectivity index (χ0v) is 16.7. The van der Waals surface area contributed by atoms with E-state index in [9.17, 15) is 4.79 Å². The van der Waals surface area contributed by atoms with E-state index in [2.05, 4.69) is 10.3 Å². The fourth-order valence-electron chi connectivity index (χ4n) is 3.05. The Hall–Kier alpha value is -2.82. The van der Waals surface area contributed by atoms with Gasteiger partial charge in [-0.3, -0.25) is 4.79 Å². The van der Waals surface area contributed by atoms with Gasteiger partial charge >= 0.3 is 0 Å². The van der Waals surface area contributed by atoms with Crippen molar-refractivity contribution < 1.29 is 9.21 Å². The molecule has 0 aliphatic carbocycles. The number of oxazole rings is 1. The van der Waals surface area contributed by atoms with Crippen molar-refractivity contribution in [1.29, 1.82) is 0 Å². The van der Waals surface area contributed by atoms with E-state index in [-0.39, 0.29) is 5.91 Å². The number of anilines is 1. The van der Waals surface area contributed by atoms with Gasteiger partial charge in [0, 0.05) is 21.8 Å². The van der Waals surface area contributed by atoms with Gasteiger partial charge in [0.15, 0.2) is 5.58 Å². The third kappa shape index (κ3) is 3.61. The molecule has 4 rings (SSSR count). The lowest BCUT2D eigenvalue weighted by Gasteiger charge is -2.08. The average molecular weight is 411 g/mol. The molecule has 0 saturated carbocycles. The van der Waals surface area contributed by atoms with Crippen LogP contribution in [0.4, 0.5) is 5.69 Å². The van der Waals surface area contributed by atoms with E-state index in [1.807, 2.05) is 44.2 Å². The first-order valence-corrected chi connectivity index (χ1v) is 9.41. The van der Waals surface area contributed by atoms with Gasteiger partial charge in [-0.1, -0.05) is 40.9 Å². The van der Waals surface area contributed by atoms with Crippen molar-refractivity contribution in [1.82, 2.24) is 4.98 Å². The van der Waals surface area contributed by atoms with Crippen molar-refractivity contribution in [3.63, 3.8) is 0 Å². The molecule has 6 heteroatoms. The second-order valence-corrected chi connectivity index (χ2v) is 7.45. The minimum absolute atomic E-state index is 0.145. The third-order valence-electron chi connectivity index (χ3n) is 4.43. The van der Waals surface area contributed by atoms with Crippen LogP contribution in [0.15, 0.2) is 59.0 Å². The minimum Gasteiger partial charge on any atom is -0.435 e. The monoisotopic (exact) mass is 410 g/mol. The second kappa shape index (κ2) is 7.30. The number of halogens is 2. The maximum absolute atomic E-state index is 12.5. The zero-order chi connectivity index (χ0) is 19.8. The Labute approximate surface area is 172 Å². The quantitative estimate of drug-likeness (QED) is 0.410. The van der Waals surface area contributed by atoms with E-state index >= 15 is 0 Å². The molecule has 140 valence electrons. The highest BCUT2D eigenvalue weighted by atomic mass is 35.5. The van der Waals surface area contributed by atoms with Crippen molar-refractivity contribution in [3.05, 3.63) is 81.3 Å². The number of carbonyl (C=O) groups excluding carboxylic acids is 1. The van der Waals surface area contributed by atoms with E-state index in [0.29, 0.717) is 38.3 Å². The van der Waals surface area contributed by atoms with Gasteiger partial charge in [0.05, 0.1) is 5.02 Å². The van der Waals surface area contributed by atoms with Crippen LogP contribution >= 0.6 is 23.2 Å². The van der Waals surface area contributed by atoms with Crippen molar-refractivity contribution in [2.75, 3.05) is 5.32 Å². The van der Waals surface area contributed by atoms with E-state index in [0.717, 1.165) is 16.7 Å². The SMILES string of the molecule is Cc1ccc(C(=O)Nc2ccc(-c3nc4cc(Cl)cc(Cl)c4o3)cc2)c(C)c1. The first kappa shape index (κ1) is 18.5. The van der Waals surface area contributed by atoms with Gasteiger partial charge in [0.2, 0.25) is 5.89 Å². The maximum Gasteiger partial charge on any atom is 0.255 e. The molecule has 0 saturated heterocycles. The van der Waals surface area contributed by atoms with Gasteiger partial charge in [0.1, 0.15) is 5.52 Å². The topological polar surface area (TPSA) is 55.1 Å². The Morgan fingerprint density at radius 3 is 2.46 bits per heavy atom. The molecule has 4 aromatic rings. The number of amides is 1. The molecule has 3 aromatic carbocycles. The fraction of sp³-hybridized carbons (Fsp3) is 0.0909. The number of aryl methyl sites for hydroxylation is 2. The molecule has 0 bridgehead atoms. The number of rotatable bonds is 3. The lowest BCUT2D eigenvalue weighted by atomic mass is 10.1. The molecule has 0 unspecified atom stereocenters. The van der Waals surface area contributed by atoms with Crippen molar-refractivity contribution in [2.45, 2.75) is 13.8 Å². The number of nitrogens with one attached hydrogen (secondary N) is 1. The van der Waals surface area contributed by atoms with Gasteiger partial charge in [-0.25, -0.2) is 4.98 Å². The van der Waals surface area contributed by atoms with Crippen LogP contribution in [0.2, 0.25) is 10.0 Å². The van der Waals surface area contributed by atoms with Crippen LogP contribution in [0.3, 0.4) is 0 Å². The Morgan fingerprint density at radius 1 is 1.00 bits per heavy atom. The Kier molecular flexibility index (Phi) is 4.84. The minimum atomic E-state index is -0.145. The molecule has 1 aromatic heterocycles. The molecule has 1 heterocycles. The summed E-state index contributed by atoms with van der Waals surface area (Å²) >= 11 is 12.2. The van der Waals surface area contributed by atoms with Crippen molar-refractivity contribution in [2.24, 2.45) is 0 Å². The number of carbonyl (C=O) groups is 1. The smallest absolute Gasteiger partial charge is 0.255 e. The summed E-state index contributed by atoms with van der Waals surface area (Å²) < 4.78 is 5.77. The predicted octanol–water partition coefficient (Wildman–Crippen LogP) is 6.67. The van der Waals surface area contributed by atoms with Crippen LogP contribution in [-0.4, -0.2) is 10.9 Å². The summed E-state index contributed by atoms with van der Waals surface area (Å²) in [4.78, 5) is 17.0. The maximum atomic E-state index is 12.5. The van der Waals surface area contributed by atoms with E-state index in [1.165, 1.54) is 0 Å². The van der Waals surface area contributed by atoms with Crippen LogP contribution in [0.25, 0.3) is 22.6 Å². The van der Waals surface area contributed by atoms with Crippen LogP contribution in [0, 0.1) is 13.8 Å². The molecule has 0 fully saturated rings. The zero-order valence-electron chi connectivity index (χ0n) is 15.2. The molecule has 0 spiro atoms. The summed E-state index contributed by atoms with van der Waals surface area (Å²) in [7, 11) is 0. The molecule has 0 aliphatic rings. The number of benzene rings is 3. The molecule has 0 radical (unpaired) electrons. The lowest BCUT2D eigenvalue weighted by Crippen LogP contribution is -2.13. The summed E-state index contributed by atoms with van der Waals surface area (Å²) in [6.45, 7) is 3.93. The average Bonchev–Trinajstić information content (AvgIpc) is 3.06. The van der Waals surface area contributed by atoms with Gasteiger partial charge in [-0.05, 0) is 61.9 Å². The molecule has 1 N–H and O–H groups in total. The molecule has 0 aliphatic heterocycles. The molecule has 1 amide bonds. The van der Waals surface area contributed by atoms with Crippen LogP contribution < -0.4 is 5.32 Å². The number of hydrogen-bond acceptors (Lipinski definition) is 3. The van der Waals surface area contributed by atoms with E-state index < -0.39 is 0 Å². The van der Waals surface area contributed by atoms with E-state index in [4.69, 9.17) is 27.6 Å². The third-order valence-corrected chi connectivity index (χ3v) is 4.92. The molecule has 0 atom stereocenters. The van der Waals surface area contributed by atoms with Crippen molar-refractivity contribution in [3.8, 4) is 11.5 Å². The number of aromatic nitrogens is 1. The van der Waals surface area contributed by atoms with E-state index in [1.54, 1.807) is 24.3 Å². The highest BCUT2D eigenvalue weighted by Crippen LogP contribution is 2.32. The molecule has 28 heavy (non-hydrogen) atoms. The Balaban J connectivity index is 1.57. The second-order valence-electron chi connectivity index (χ2n) is 6.60. The summed E-state index contributed by atoms with van der Waals surface area (Å²) in [5, 5.41) is 3.83. The Bertz CT molecular complexity index is 1200. The van der Waals surface area contributed by atoms with Gasteiger partial charge in [-0.2, -0.15) is 0 Å². The first-order valence-electron chi connectivity index (χ1n) is 8.65. The van der Waals surface area contributed by atoms with Gasteiger partial charge in [-0.15, -0.1) is 0 Å². The largest absolute Gasteiger partial charge is 0.435 e. The predicted molar refractivity (Wildman–Crippen MR) is 113 cm³/mol. The summed E-state index contributed by atoms with van der Waals surface area (Å²) in [5.41, 5.74) is 5.27. The summed E-state index contributed by atoms with van der Waals surface area (Å²) in [6, 6.07) is 16.3. The number of nitrogens with zero attached hydrogens (tertiary/aromatic N) is 1. The highest BCUT2D eigenvalue weighted by Gasteiger charge is 2.13. The van der Waals surface area contributed by atoms with Crippen LogP contribution in [0.5, 0.6) is 0 Å². The first-order chi connectivity index (χ1) is 13.4. The molecular weight excluding hydrogens is 395 g/mol. The standard InChI is InChI=1S/C22H16Cl2N2O2/c1-12-3-8-17(13(2)9-12)21(27)25-16-6-4-14(5-7-16)22-26-19-11-15(23)10-18(24)20(19)28-22/h3-11H,1-2H3,(H,25,27). The normalized spacial score (nSPS) is 11.0. The summed E-state index contributed by atoms with van der Waals surface area (Å²) in [5.74, 6) is 0.292. The summed E-state index contributed by atoms with van der Waals surface area (Å²) in [6.07, 6.45) is 0. The Morgan fingerprint density at radius 2 is 1.75 bits per heavy atom. The van der Waals surface area contributed by atoms with Gasteiger partial charge in [0.25, 0.3) is 5.91 Å². The van der Waals surface area contributed by atoms with Gasteiger partial charge < -0.3 is 9.73 Å². The lowest BCUT2D eigenvalue weighted by molar-refractivity contribution is 0.102. The molecule has 4 nitrogen and oxygen atoms in total. The number of fused-ring (bicyclic) bond motifs is 1. The van der Waals surface area contributed by atoms with Crippen LogP contribution in [0.1, 0.15) is 21.5 Å².